The Kier molecular flexibility index (Phi) is 7.65. The van der Waals surface area contributed by atoms with Gasteiger partial charge in [0.2, 0.25) is 5.91 Å². The van der Waals surface area contributed by atoms with E-state index in [1.54, 1.807) is 0 Å². The summed E-state index contributed by atoms with van der Waals surface area (Å²) in [5.41, 5.74) is 0.0953. The van der Waals surface area contributed by atoms with E-state index in [-0.39, 0.29) is 52.1 Å². The van der Waals surface area contributed by atoms with E-state index < -0.39 is 11.4 Å². The van der Waals surface area contributed by atoms with Crippen LogP contribution < -0.4 is 5.32 Å². The number of amides is 1. The second-order valence-corrected chi connectivity index (χ2v) is 17.8. The number of rotatable bonds is 6. The van der Waals surface area contributed by atoms with Crippen molar-refractivity contribution in [3.63, 3.8) is 0 Å². The first kappa shape index (κ1) is 31.4. The highest BCUT2D eigenvalue weighted by Crippen LogP contribution is 2.77. The van der Waals surface area contributed by atoms with Gasteiger partial charge in [0.25, 0.3) is 0 Å². The smallest absolute Gasteiger partial charge is 0.322 e. The van der Waals surface area contributed by atoms with E-state index in [0.717, 1.165) is 57.8 Å². The van der Waals surface area contributed by atoms with Gasteiger partial charge in [-0.3, -0.25) is 14.4 Å². The first-order chi connectivity index (χ1) is 20.1. The third kappa shape index (κ3) is 4.40. The number of aliphatic carboxylic acids is 1. The Hall–Kier alpha value is -1.59. The van der Waals surface area contributed by atoms with Gasteiger partial charge < -0.3 is 15.2 Å². The second-order valence-electron chi connectivity index (χ2n) is 17.8. The highest BCUT2D eigenvalue weighted by molar-refractivity contribution is 5.86. The molecule has 6 heteroatoms. The molecule has 6 fully saturated rings. The maximum atomic E-state index is 13.9. The Morgan fingerprint density at radius 3 is 2.16 bits per heavy atom. The number of nitrogens with one attached hydrogen (secondary N) is 1. The van der Waals surface area contributed by atoms with E-state index >= 15 is 0 Å². The number of carbonyl (C=O) groups excluding carboxylic acids is 2. The van der Waals surface area contributed by atoms with Crippen LogP contribution >= 0.6 is 0 Å². The molecule has 1 amide bonds. The minimum Gasteiger partial charge on any atom is -0.480 e. The molecule has 0 aromatic rings. The van der Waals surface area contributed by atoms with Crippen LogP contribution in [0.15, 0.2) is 0 Å². The zero-order valence-corrected chi connectivity index (χ0v) is 28.1. The average Bonchev–Trinajstić information content (AvgIpc) is 3.29. The summed E-state index contributed by atoms with van der Waals surface area (Å²) < 4.78 is 6.31. The fraction of sp³-hybridized carbons (Fsp3) is 0.919. The maximum absolute atomic E-state index is 13.9. The van der Waals surface area contributed by atoms with Gasteiger partial charge in [0.05, 0.1) is 11.3 Å². The SMILES string of the molecule is CC(C)[C@@H]1CC[C@]2(C(=O)NCC(=O)O)CC[C@]3(C)C(CCC4[C@@]5(C)CC[C@@H](OC(=O)C6CCC6)C(C)(C)C5CC[C@]43C)C12. The third-order valence-electron chi connectivity index (χ3n) is 15.8. The van der Waals surface area contributed by atoms with Crippen molar-refractivity contribution in [1.29, 1.82) is 0 Å². The van der Waals surface area contributed by atoms with Crippen LogP contribution in [0.25, 0.3) is 0 Å². The topological polar surface area (TPSA) is 92.7 Å². The fourth-order valence-electron chi connectivity index (χ4n) is 13.2. The molecule has 6 rings (SSSR count). The van der Waals surface area contributed by atoms with Crippen molar-refractivity contribution in [2.75, 3.05) is 6.54 Å². The van der Waals surface area contributed by atoms with Crippen molar-refractivity contribution < 1.29 is 24.2 Å². The molecule has 0 aromatic carbocycles. The number of carboxylic acid groups (broad SMARTS) is 1. The van der Waals surface area contributed by atoms with Crippen LogP contribution in [0, 0.1) is 68.5 Å². The summed E-state index contributed by atoms with van der Waals surface area (Å²) in [4.78, 5) is 38.2. The van der Waals surface area contributed by atoms with E-state index in [1.807, 2.05) is 0 Å². The second kappa shape index (κ2) is 10.5. The lowest BCUT2D eigenvalue weighted by Crippen LogP contribution is -2.67. The molecule has 6 aliphatic carbocycles. The number of hydrogen-bond donors (Lipinski definition) is 2. The lowest BCUT2D eigenvalue weighted by atomic mass is 9.32. The average molecular weight is 598 g/mol. The zero-order chi connectivity index (χ0) is 31.2. The number of carboxylic acids is 1. The molecule has 43 heavy (non-hydrogen) atoms. The van der Waals surface area contributed by atoms with Crippen LogP contribution in [-0.2, 0) is 19.1 Å². The van der Waals surface area contributed by atoms with Gasteiger partial charge in [0.1, 0.15) is 12.6 Å². The first-order valence-electron chi connectivity index (χ1n) is 17.8. The summed E-state index contributed by atoms with van der Waals surface area (Å²) in [5, 5.41) is 12.2. The van der Waals surface area contributed by atoms with Crippen molar-refractivity contribution in [3.8, 4) is 0 Å². The molecule has 4 unspecified atom stereocenters. The van der Waals surface area contributed by atoms with Gasteiger partial charge >= 0.3 is 11.9 Å². The number of ether oxygens (including phenoxy) is 1. The summed E-state index contributed by atoms with van der Waals surface area (Å²) in [7, 11) is 0. The standard InChI is InChI=1S/C37H59NO5/c1-22(2)24-13-18-37(32(42)38-21-29(39)40)20-19-35(6)25(30(24)37)11-12-27-34(5)16-15-28(43-31(41)23-9-8-10-23)33(3,4)26(34)14-17-36(27,35)7/h22-28,30H,8-21H2,1-7H3,(H,38,42)(H,39,40)/t24-,25?,26?,27?,28+,30?,34-,35+,36+,37-/m0/s1. The van der Waals surface area contributed by atoms with E-state index in [1.165, 1.54) is 25.7 Å². The van der Waals surface area contributed by atoms with Gasteiger partial charge in [-0.1, -0.05) is 54.9 Å². The zero-order valence-electron chi connectivity index (χ0n) is 28.1. The van der Waals surface area contributed by atoms with Crippen LogP contribution in [-0.4, -0.2) is 35.6 Å². The number of esters is 1. The Labute approximate surface area is 260 Å². The molecule has 6 saturated carbocycles. The highest BCUT2D eigenvalue weighted by Gasteiger charge is 2.72. The van der Waals surface area contributed by atoms with Crippen molar-refractivity contribution in [1.82, 2.24) is 5.32 Å². The molecule has 0 aliphatic heterocycles. The Morgan fingerprint density at radius 1 is 0.814 bits per heavy atom. The number of carbonyl (C=O) groups is 3. The third-order valence-corrected chi connectivity index (χ3v) is 15.8. The largest absolute Gasteiger partial charge is 0.480 e. The Bertz CT molecular complexity index is 1140. The van der Waals surface area contributed by atoms with Crippen molar-refractivity contribution in [2.45, 2.75) is 138 Å². The lowest BCUT2D eigenvalue weighted by molar-refractivity contribution is -0.251. The van der Waals surface area contributed by atoms with Gasteiger partial charge in [0, 0.05) is 5.41 Å². The number of fused-ring (bicyclic) bond motifs is 7. The van der Waals surface area contributed by atoms with Gasteiger partial charge in [-0.2, -0.15) is 0 Å². The summed E-state index contributed by atoms with van der Waals surface area (Å²) >= 11 is 0. The lowest BCUT2D eigenvalue weighted by Gasteiger charge is -2.73. The molecule has 0 bridgehead atoms. The highest BCUT2D eigenvalue weighted by atomic mass is 16.5. The molecular formula is C37H59NO5. The Morgan fingerprint density at radius 2 is 1.53 bits per heavy atom. The molecule has 0 heterocycles. The van der Waals surface area contributed by atoms with Crippen LogP contribution in [0.1, 0.15) is 132 Å². The predicted octanol–water partition coefficient (Wildman–Crippen LogP) is 7.64. The molecule has 242 valence electrons. The minimum absolute atomic E-state index is 0.00423. The molecular weight excluding hydrogens is 538 g/mol. The van der Waals surface area contributed by atoms with E-state index in [9.17, 15) is 19.5 Å². The van der Waals surface area contributed by atoms with Gasteiger partial charge in [-0.05, 0) is 129 Å². The molecule has 0 aromatic heterocycles. The molecule has 6 nitrogen and oxygen atoms in total. The van der Waals surface area contributed by atoms with E-state index in [4.69, 9.17) is 4.74 Å². The van der Waals surface area contributed by atoms with E-state index in [2.05, 4.69) is 53.8 Å². The maximum Gasteiger partial charge on any atom is 0.322 e. The van der Waals surface area contributed by atoms with Crippen LogP contribution in [0.5, 0.6) is 0 Å². The molecule has 0 spiro atoms. The molecule has 2 N–H and O–H groups in total. The monoisotopic (exact) mass is 597 g/mol. The van der Waals surface area contributed by atoms with E-state index in [0.29, 0.717) is 35.5 Å². The van der Waals surface area contributed by atoms with Crippen molar-refractivity contribution >= 4 is 17.8 Å². The van der Waals surface area contributed by atoms with Crippen molar-refractivity contribution in [3.05, 3.63) is 0 Å². The minimum atomic E-state index is -0.964. The fourth-order valence-corrected chi connectivity index (χ4v) is 13.2. The normalized spacial score (nSPS) is 46.9. The van der Waals surface area contributed by atoms with Gasteiger partial charge in [-0.25, -0.2) is 0 Å². The molecule has 6 aliphatic rings. The van der Waals surface area contributed by atoms with Gasteiger partial charge in [0.15, 0.2) is 0 Å². The first-order valence-corrected chi connectivity index (χ1v) is 17.8. The summed E-state index contributed by atoms with van der Waals surface area (Å²) in [5.74, 6) is 2.20. The molecule has 0 radical (unpaired) electrons. The quantitative estimate of drug-likeness (QED) is 0.307. The summed E-state index contributed by atoms with van der Waals surface area (Å²) in [6.07, 6.45) is 13.9. The summed E-state index contributed by atoms with van der Waals surface area (Å²) in [6, 6.07) is 0. The Balaban J connectivity index is 1.29. The predicted molar refractivity (Wildman–Crippen MR) is 167 cm³/mol. The summed E-state index contributed by atoms with van der Waals surface area (Å²) in [6.45, 7) is 17.0. The van der Waals surface area contributed by atoms with Crippen LogP contribution in [0.3, 0.4) is 0 Å². The van der Waals surface area contributed by atoms with Crippen molar-refractivity contribution in [2.24, 2.45) is 68.5 Å². The molecule has 0 saturated heterocycles. The molecule has 10 atom stereocenters. The van der Waals surface area contributed by atoms with Gasteiger partial charge in [-0.15, -0.1) is 0 Å². The number of hydrogen-bond acceptors (Lipinski definition) is 4. The van der Waals surface area contributed by atoms with Crippen LogP contribution in [0.2, 0.25) is 0 Å². The van der Waals surface area contributed by atoms with Crippen LogP contribution in [0.4, 0.5) is 0 Å².